The van der Waals surface area contributed by atoms with E-state index in [1.54, 1.807) is 11.3 Å². The molecule has 1 fully saturated rings. The number of fused-ring (bicyclic) bond motifs is 1. The zero-order chi connectivity index (χ0) is 17.2. The van der Waals surface area contributed by atoms with Gasteiger partial charge in [0, 0.05) is 18.8 Å². The first-order valence-electron chi connectivity index (χ1n) is 8.67. The number of carbonyl (C=O) groups is 1. The minimum atomic E-state index is 0.00250. The standard InChI is InChI=1S/C20H21N3OS/c1-14-9-10-17-18(12-14)25-20(22-17)23-11-5-6-15(13-23)19(24)21-16-7-3-2-4-8-16/h2-4,7-10,12,15H,5-6,11,13H2,1H3,(H,21,24). The van der Waals surface area contributed by atoms with Crippen molar-refractivity contribution in [3.8, 4) is 0 Å². The summed E-state index contributed by atoms with van der Waals surface area (Å²) in [5.74, 6) is 0.107. The van der Waals surface area contributed by atoms with Gasteiger partial charge >= 0.3 is 0 Å². The molecule has 25 heavy (non-hydrogen) atoms. The highest BCUT2D eigenvalue weighted by Gasteiger charge is 2.27. The molecule has 0 aliphatic carbocycles. The fourth-order valence-corrected chi connectivity index (χ4v) is 4.38. The molecule has 1 amide bonds. The van der Waals surface area contributed by atoms with Gasteiger partial charge in [-0.1, -0.05) is 35.6 Å². The number of hydrogen-bond acceptors (Lipinski definition) is 4. The fraction of sp³-hybridized carbons (Fsp3) is 0.300. The number of anilines is 2. The molecule has 3 aromatic rings. The summed E-state index contributed by atoms with van der Waals surface area (Å²) >= 11 is 1.72. The minimum absolute atomic E-state index is 0.00250. The van der Waals surface area contributed by atoms with Gasteiger partial charge < -0.3 is 10.2 Å². The molecule has 128 valence electrons. The van der Waals surface area contributed by atoms with Crippen LogP contribution in [0.25, 0.3) is 10.2 Å². The first kappa shape index (κ1) is 16.1. The number of carbonyl (C=O) groups excluding carboxylic acids is 1. The molecular weight excluding hydrogens is 330 g/mol. The predicted molar refractivity (Wildman–Crippen MR) is 104 cm³/mol. The van der Waals surface area contributed by atoms with Crippen LogP contribution in [0, 0.1) is 12.8 Å². The van der Waals surface area contributed by atoms with E-state index in [1.807, 2.05) is 30.3 Å². The fourth-order valence-electron chi connectivity index (χ4n) is 3.29. The van der Waals surface area contributed by atoms with Gasteiger partial charge in [-0.25, -0.2) is 4.98 Å². The van der Waals surface area contributed by atoms with Crippen molar-refractivity contribution in [2.45, 2.75) is 19.8 Å². The van der Waals surface area contributed by atoms with Crippen LogP contribution in [0.2, 0.25) is 0 Å². The number of hydrogen-bond donors (Lipinski definition) is 1. The summed E-state index contributed by atoms with van der Waals surface area (Å²) in [4.78, 5) is 19.6. The molecule has 1 saturated heterocycles. The second kappa shape index (κ2) is 6.84. The van der Waals surface area contributed by atoms with Crippen LogP contribution in [0.1, 0.15) is 18.4 Å². The van der Waals surface area contributed by atoms with Gasteiger partial charge in [0.05, 0.1) is 16.1 Å². The van der Waals surface area contributed by atoms with Gasteiger partial charge in [-0.05, 0) is 49.6 Å². The highest BCUT2D eigenvalue weighted by molar-refractivity contribution is 7.22. The van der Waals surface area contributed by atoms with Crippen molar-refractivity contribution in [1.29, 1.82) is 0 Å². The molecule has 1 aliphatic rings. The predicted octanol–water partition coefficient (Wildman–Crippen LogP) is 4.46. The summed E-state index contributed by atoms with van der Waals surface area (Å²) in [5.41, 5.74) is 3.16. The number of piperidine rings is 1. The molecular formula is C20H21N3OS. The molecule has 1 atom stereocenters. The summed E-state index contributed by atoms with van der Waals surface area (Å²) in [7, 11) is 0. The molecule has 5 heteroatoms. The smallest absolute Gasteiger partial charge is 0.229 e. The van der Waals surface area contributed by atoms with E-state index in [4.69, 9.17) is 4.98 Å². The van der Waals surface area contributed by atoms with Gasteiger partial charge in [0.2, 0.25) is 5.91 Å². The van der Waals surface area contributed by atoms with E-state index in [0.717, 1.165) is 42.3 Å². The van der Waals surface area contributed by atoms with Crippen LogP contribution in [0.4, 0.5) is 10.8 Å². The van der Waals surface area contributed by atoms with Crippen LogP contribution in [0.15, 0.2) is 48.5 Å². The third-order valence-electron chi connectivity index (χ3n) is 4.64. The summed E-state index contributed by atoms with van der Waals surface area (Å²) < 4.78 is 1.21. The van der Waals surface area contributed by atoms with Crippen LogP contribution in [-0.2, 0) is 4.79 Å². The van der Waals surface area contributed by atoms with Gasteiger partial charge in [0.1, 0.15) is 0 Å². The van der Waals surface area contributed by atoms with Crippen molar-refractivity contribution in [3.05, 3.63) is 54.1 Å². The normalized spacial score (nSPS) is 17.6. The van der Waals surface area contributed by atoms with Crippen molar-refractivity contribution >= 4 is 38.3 Å². The first-order chi connectivity index (χ1) is 12.2. The zero-order valence-electron chi connectivity index (χ0n) is 14.2. The number of nitrogens with one attached hydrogen (secondary N) is 1. The maximum absolute atomic E-state index is 12.6. The van der Waals surface area contributed by atoms with E-state index in [9.17, 15) is 4.79 Å². The monoisotopic (exact) mass is 351 g/mol. The van der Waals surface area contributed by atoms with Crippen LogP contribution >= 0.6 is 11.3 Å². The van der Waals surface area contributed by atoms with Gasteiger partial charge in [0.15, 0.2) is 5.13 Å². The first-order valence-corrected chi connectivity index (χ1v) is 9.49. The molecule has 2 aromatic carbocycles. The Morgan fingerprint density at radius 1 is 1.24 bits per heavy atom. The molecule has 0 bridgehead atoms. The van der Waals surface area contributed by atoms with Crippen molar-refractivity contribution in [2.24, 2.45) is 5.92 Å². The second-order valence-electron chi connectivity index (χ2n) is 6.61. The summed E-state index contributed by atoms with van der Waals surface area (Å²) in [6, 6.07) is 16.0. The number of rotatable bonds is 3. The number of aryl methyl sites for hydroxylation is 1. The minimum Gasteiger partial charge on any atom is -0.347 e. The van der Waals surface area contributed by atoms with E-state index >= 15 is 0 Å². The Balaban J connectivity index is 1.49. The third kappa shape index (κ3) is 3.51. The average molecular weight is 351 g/mol. The molecule has 0 saturated carbocycles. The number of aromatic nitrogens is 1. The SMILES string of the molecule is Cc1ccc2nc(N3CCCC(C(=O)Nc4ccccc4)C3)sc2c1. The van der Waals surface area contributed by atoms with E-state index in [2.05, 4.69) is 35.3 Å². The Hall–Kier alpha value is -2.40. The molecule has 4 nitrogen and oxygen atoms in total. The Morgan fingerprint density at radius 3 is 2.92 bits per heavy atom. The van der Waals surface area contributed by atoms with Crippen LogP contribution in [0.5, 0.6) is 0 Å². The quantitative estimate of drug-likeness (QED) is 0.758. The van der Waals surface area contributed by atoms with E-state index < -0.39 is 0 Å². The number of benzene rings is 2. The highest BCUT2D eigenvalue weighted by Crippen LogP contribution is 2.32. The molecule has 0 radical (unpaired) electrons. The lowest BCUT2D eigenvalue weighted by atomic mass is 9.97. The Kier molecular flexibility index (Phi) is 4.40. The molecule has 1 unspecified atom stereocenters. The summed E-state index contributed by atoms with van der Waals surface area (Å²) in [6.45, 7) is 3.80. The maximum atomic E-state index is 12.6. The van der Waals surface area contributed by atoms with E-state index in [1.165, 1.54) is 10.3 Å². The lowest BCUT2D eigenvalue weighted by Crippen LogP contribution is -2.40. The number of amides is 1. The molecule has 1 aliphatic heterocycles. The molecule has 2 heterocycles. The molecule has 0 spiro atoms. The lowest BCUT2D eigenvalue weighted by molar-refractivity contribution is -0.120. The van der Waals surface area contributed by atoms with Gasteiger partial charge in [-0.15, -0.1) is 0 Å². The highest BCUT2D eigenvalue weighted by atomic mass is 32.1. The molecule has 4 rings (SSSR count). The summed E-state index contributed by atoms with van der Waals surface area (Å²) in [6.07, 6.45) is 1.95. The van der Waals surface area contributed by atoms with Crippen LogP contribution < -0.4 is 10.2 Å². The largest absolute Gasteiger partial charge is 0.347 e. The van der Waals surface area contributed by atoms with E-state index in [-0.39, 0.29) is 11.8 Å². The van der Waals surface area contributed by atoms with Gasteiger partial charge in [0.25, 0.3) is 0 Å². The number of thiazole rings is 1. The van der Waals surface area contributed by atoms with Crippen LogP contribution in [0.3, 0.4) is 0 Å². The average Bonchev–Trinajstić information content (AvgIpc) is 3.06. The Labute approximate surface area is 151 Å². The van der Waals surface area contributed by atoms with Crippen molar-refractivity contribution in [3.63, 3.8) is 0 Å². The maximum Gasteiger partial charge on any atom is 0.229 e. The lowest BCUT2D eigenvalue weighted by Gasteiger charge is -2.31. The Morgan fingerprint density at radius 2 is 2.08 bits per heavy atom. The van der Waals surface area contributed by atoms with Crippen molar-refractivity contribution in [2.75, 3.05) is 23.3 Å². The second-order valence-corrected chi connectivity index (χ2v) is 7.62. The van der Waals surface area contributed by atoms with Crippen molar-refractivity contribution < 1.29 is 4.79 Å². The topological polar surface area (TPSA) is 45.2 Å². The summed E-state index contributed by atoms with van der Waals surface area (Å²) in [5, 5.41) is 4.06. The number of para-hydroxylation sites is 1. The van der Waals surface area contributed by atoms with Crippen molar-refractivity contribution in [1.82, 2.24) is 4.98 Å². The number of nitrogens with zero attached hydrogens (tertiary/aromatic N) is 2. The Bertz CT molecular complexity index is 890. The molecule has 1 N–H and O–H groups in total. The van der Waals surface area contributed by atoms with E-state index in [0.29, 0.717) is 0 Å². The van der Waals surface area contributed by atoms with Gasteiger partial charge in [-0.3, -0.25) is 4.79 Å². The van der Waals surface area contributed by atoms with Crippen LogP contribution in [-0.4, -0.2) is 24.0 Å². The third-order valence-corrected chi connectivity index (χ3v) is 5.72. The van der Waals surface area contributed by atoms with Gasteiger partial charge in [-0.2, -0.15) is 0 Å². The molecule has 1 aromatic heterocycles. The zero-order valence-corrected chi connectivity index (χ0v) is 15.1.